The number of para-hydroxylation sites is 3. The molecule has 3 rings (SSSR count). The van der Waals surface area contributed by atoms with E-state index in [0.29, 0.717) is 29.4 Å². The van der Waals surface area contributed by atoms with Gasteiger partial charge < -0.3 is 14.8 Å². The Labute approximate surface area is 166 Å². The highest BCUT2D eigenvalue weighted by Crippen LogP contribution is 2.27. The predicted molar refractivity (Wildman–Crippen MR) is 112 cm³/mol. The normalized spacial score (nSPS) is 10.5. The molecule has 0 aromatic heterocycles. The zero-order valence-corrected chi connectivity index (χ0v) is 16.2. The van der Waals surface area contributed by atoms with Gasteiger partial charge in [0.25, 0.3) is 5.91 Å². The first-order valence-electron chi connectivity index (χ1n) is 9.46. The zero-order chi connectivity index (χ0) is 19.8. The Kier molecular flexibility index (Phi) is 6.68. The number of carbonyl (C=O) groups is 1. The van der Waals surface area contributed by atoms with Crippen LogP contribution >= 0.6 is 0 Å². The first-order valence-corrected chi connectivity index (χ1v) is 9.46. The number of hydrogen-bond donors (Lipinski definition) is 1. The molecule has 0 aliphatic carbocycles. The van der Waals surface area contributed by atoms with Gasteiger partial charge in [-0.15, -0.1) is 0 Å². The molecule has 0 atom stereocenters. The van der Waals surface area contributed by atoms with Gasteiger partial charge in [-0.05, 0) is 43.7 Å². The number of amides is 1. The summed E-state index contributed by atoms with van der Waals surface area (Å²) in [6.07, 6.45) is 0.800. The number of rotatable bonds is 8. The molecule has 28 heavy (non-hydrogen) atoms. The molecule has 3 aromatic rings. The Morgan fingerprint density at radius 3 is 2.25 bits per heavy atom. The Hall–Kier alpha value is -3.27. The average molecular weight is 375 g/mol. The largest absolute Gasteiger partial charge is 0.492 e. The van der Waals surface area contributed by atoms with Crippen LogP contribution in [0.2, 0.25) is 0 Å². The van der Waals surface area contributed by atoms with Gasteiger partial charge >= 0.3 is 0 Å². The lowest BCUT2D eigenvalue weighted by atomic mass is 10.1. The van der Waals surface area contributed by atoms with Gasteiger partial charge in [0.05, 0.1) is 24.0 Å². The number of carbonyl (C=O) groups excluding carboxylic acids is 1. The summed E-state index contributed by atoms with van der Waals surface area (Å²) in [7, 11) is 0. The van der Waals surface area contributed by atoms with Gasteiger partial charge in [-0.2, -0.15) is 0 Å². The molecule has 0 aliphatic rings. The lowest BCUT2D eigenvalue weighted by Gasteiger charge is -2.16. The van der Waals surface area contributed by atoms with E-state index in [1.54, 1.807) is 6.07 Å². The summed E-state index contributed by atoms with van der Waals surface area (Å²) in [5.41, 5.74) is 2.33. The van der Waals surface area contributed by atoms with E-state index in [1.807, 2.05) is 74.5 Å². The van der Waals surface area contributed by atoms with Crippen LogP contribution < -0.4 is 14.8 Å². The molecule has 1 amide bonds. The minimum absolute atomic E-state index is 0.0201. The number of nitrogens with one attached hydrogen (secondary N) is 1. The summed E-state index contributed by atoms with van der Waals surface area (Å²) in [5.74, 6) is 0.988. The Morgan fingerprint density at radius 2 is 1.50 bits per heavy atom. The molecule has 3 aromatic carbocycles. The Bertz CT molecular complexity index is 906. The Morgan fingerprint density at radius 1 is 0.857 bits per heavy atom. The standard InChI is InChI=1S/C24H25NO3/c1-18(2)28-23-15-9-7-13-21(23)25-24(26)20-12-6-8-14-22(20)27-17-16-19-10-4-3-5-11-19/h3-15,18H,16-17H2,1-2H3,(H,25,26). The van der Waals surface area contributed by atoms with Crippen LogP contribution in [0.25, 0.3) is 0 Å². The van der Waals surface area contributed by atoms with Gasteiger partial charge in [0.1, 0.15) is 11.5 Å². The van der Waals surface area contributed by atoms with Crippen molar-refractivity contribution < 1.29 is 14.3 Å². The molecule has 0 fully saturated rings. The minimum Gasteiger partial charge on any atom is -0.492 e. The van der Waals surface area contributed by atoms with Crippen molar-refractivity contribution >= 4 is 11.6 Å². The van der Waals surface area contributed by atoms with Gasteiger partial charge in [0.2, 0.25) is 0 Å². The minimum atomic E-state index is -0.227. The van der Waals surface area contributed by atoms with Crippen molar-refractivity contribution in [2.24, 2.45) is 0 Å². The highest BCUT2D eigenvalue weighted by molar-refractivity contribution is 6.06. The van der Waals surface area contributed by atoms with E-state index in [0.717, 1.165) is 6.42 Å². The fourth-order valence-corrected chi connectivity index (χ4v) is 2.82. The fourth-order valence-electron chi connectivity index (χ4n) is 2.82. The van der Waals surface area contributed by atoms with E-state index >= 15 is 0 Å². The van der Waals surface area contributed by atoms with Crippen LogP contribution in [0.5, 0.6) is 11.5 Å². The van der Waals surface area contributed by atoms with Gasteiger partial charge in [0.15, 0.2) is 0 Å². The summed E-state index contributed by atoms with van der Waals surface area (Å²) < 4.78 is 11.7. The molecule has 0 saturated carbocycles. The predicted octanol–water partition coefficient (Wildman–Crippen LogP) is 5.35. The third kappa shape index (κ3) is 5.36. The van der Waals surface area contributed by atoms with Gasteiger partial charge in [-0.3, -0.25) is 4.79 Å². The third-order valence-corrected chi connectivity index (χ3v) is 4.12. The van der Waals surface area contributed by atoms with Crippen LogP contribution in [0, 0.1) is 0 Å². The van der Waals surface area contributed by atoms with E-state index in [2.05, 4.69) is 17.4 Å². The number of anilines is 1. The molecule has 4 heteroatoms. The molecule has 0 unspecified atom stereocenters. The Balaban J connectivity index is 1.69. The molecule has 0 spiro atoms. The first kappa shape index (κ1) is 19.5. The highest BCUT2D eigenvalue weighted by atomic mass is 16.5. The van der Waals surface area contributed by atoms with Crippen LogP contribution in [0.1, 0.15) is 29.8 Å². The molecular weight excluding hydrogens is 350 g/mol. The maximum absolute atomic E-state index is 12.9. The van der Waals surface area contributed by atoms with Crippen molar-refractivity contribution in [3.8, 4) is 11.5 Å². The second kappa shape index (κ2) is 9.60. The third-order valence-electron chi connectivity index (χ3n) is 4.12. The van der Waals surface area contributed by atoms with Crippen molar-refractivity contribution in [2.45, 2.75) is 26.4 Å². The molecule has 1 N–H and O–H groups in total. The van der Waals surface area contributed by atoms with Crippen LogP contribution in [0.15, 0.2) is 78.9 Å². The van der Waals surface area contributed by atoms with Crippen molar-refractivity contribution in [3.05, 3.63) is 90.0 Å². The second-order valence-electron chi connectivity index (χ2n) is 6.70. The second-order valence-corrected chi connectivity index (χ2v) is 6.70. The van der Waals surface area contributed by atoms with Gasteiger partial charge in [-0.25, -0.2) is 0 Å². The monoisotopic (exact) mass is 375 g/mol. The van der Waals surface area contributed by atoms with E-state index in [4.69, 9.17) is 9.47 Å². The number of hydrogen-bond acceptors (Lipinski definition) is 3. The van der Waals surface area contributed by atoms with Crippen LogP contribution in [-0.2, 0) is 6.42 Å². The van der Waals surface area contributed by atoms with Crippen LogP contribution in [0.3, 0.4) is 0 Å². The van der Waals surface area contributed by atoms with E-state index in [-0.39, 0.29) is 12.0 Å². The molecule has 0 radical (unpaired) electrons. The van der Waals surface area contributed by atoms with Crippen LogP contribution in [-0.4, -0.2) is 18.6 Å². The van der Waals surface area contributed by atoms with Crippen LogP contribution in [0.4, 0.5) is 5.69 Å². The lowest BCUT2D eigenvalue weighted by molar-refractivity contribution is 0.102. The average Bonchev–Trinajstić information content (AvgIpc) is 2.70. The van der Waals surface area contributed by atoms with E-state index in [1.165, 1.54) is 5.56 Å². The maximum Gasteiger partial charge on any atom is 0.259 e. The van der Waals surface area contributed by atoms with Gasteiger partial charge in [0, 0.05) is 6.42 Å². The smallest absolute Gasteiger partial charge is 0.259 e. The summed E-state index contributed by atoms with van der Waals surface area (Å²) in [5, 5.41) is 2.94. The first-order chi connectivity index (χ1) is 13.6. The summed E-state index contributed by atoms with van der Waals surface area (Å²) >= 11 is 0. The highest BCUT2D eigenvalue weighted by Gasteiger charge is 2.15. The fraction of sp³-hybridized carbons (Fsp3) is 0.208. The molecule has 0 heterocycles. The molecule has 0 aliphatic heterocycles. The van der Waals surface area contributed by atoms with E-state index in [9.17, 15) is 4.79 Å². The molecule has 4 nitrogen and oxygen atoms in total. The maximum atomic E-state index is 12.9. The van der Waals surface area contributed by atoms with Crippen molar-refractivity contribution in [2.75, 3.05) is 11.9 Å². The van der Waals surface area contributed by atoms with E-state index < -0.39 is 0 Å². The SMILES string of the molecule is CC(C)Oc1ccccc1NC(=O)c1ccccc1OCCc1ccccc1. The molecule has 0 bridgehead atoms. The van der Waals surface area contributed by atoms with Crippen molar-refractivity contribution in [3.63, 3.8) is 0 Å². The zero-order valence-electron chi connectivity index (χ0n) is 16.2. The quantitative estimate of drug-likeness (QED) is 0.577. The van der Waals surface area contributed by atoms with Gasteiger partial charge in [-0.1, -0.05) is 54.6 Å². The van der Waals surface area contributed by atoms with Crippen molar-refractivity contribution in [1.29, 1.82) is 0 Å². The summed E-state index contributed by atoms with van der Waals surface area (Å²) in [4.78, 5) is 12.9. The molecular formula is C24H25NO3. The summed E-state index contributed by atoms with van der Waals surface area (Å²) in [6, 6.07) is 24.8. The van der Waals surface area contributed by atoms with Crippen molar-refractivity contribution in [1.82, 2.24) is 0 Å². The lowest BCUT2D eigenvalue weighted by Crippen LogP contribution is -2.16. The molecule has 0 saturated heterocycles. The summed E-state index contributed by atoms with van der Waals surface area (Å²) in [6.45, 7) is 4.41. The topological polar surface area (TPSA) is 47.6 Å². The molecule has 144 valence electrons. The number of benzene rings is 3. The number of ether oxygens (including phenoxy) is 2.